The maximum absolute atomic E-state index is 13.7. The highest BCUT2D eigenvalue weighted by Gasteiger charge is 2.29. The lowest BCUT2D eigenvalue weighted by Crippen LogP contribution is -2.40. The molecular formula is C29H35N3O5S. The summed E-state index contributed by atoms with van der Waals surface area (Å²) in [4.78, 5) is 15.6. The molecule has 0 spiro atoms. The lowest BCUT2D eigenvalue weighted by molar-refractivity contribution is -0.119. The van der Waals surface area contributed by atoms with E-state index in [-0.39, 0.29) is 17.1 Å². The van der Waals surface area contributed by atoms with Gasteiger partial charge >= 0.3 is 0 Å². The summed E-state index contributed by atoms with van der Waals surface area (Å²) in [6, 6.07) is 21.0. The van der Waals surface area contributed by atoms with Crippen molar-refractivity contribution in [3.63, 3.8) is 0 Å². The molecule has 0 bridgehead atoms. The van der Waals surface area contributed by atoms with Crippen LogP contribution in [0, 0.1) is 0 Å². The molecule has 1 saturated heterocycles. The first-order valence-electron chi connectivity index (χ1n) is 12.8. The summed E-state index contributed by atoms with van der Waals surface area (Å²) in [6.45, 7) is 3.07. The van der Waals surface area contributed by atoms with Crippen LogP contribution in [0.4, 0.5) is 5.69 Å². The zero-order valence-electron chi connectivity index (χ0n) is 21.9. The van der Waals surface area contributed by atoms with E-state index >= 15 is 0 Å². The Hall–Kier alpha value is -3.56. The Kier molecular flexibility index (Phi) is 9.25. The fourth-order valence-electron chi connectivity index (χ4n) is 4.54. The monoisotopic (exact) mass is 537 g/mol. The van der Waals surface area contributed by atoms with E-state index in [4.69, 9.17) is 9.47 Å². The summed E-state index contributed by atoms with van der Waals surface area (Å²) in [7, 11) is -1.13. The van der Waals surface area contributed by atoms with Gasteiger partial charge in [-0.15, -0.1) is 0 Å². The minimum absolute atomic E-state index is 0.0713. The number of likely N-dealkylation sites (tertiary alicyclic amines) is 1. The molecule has 0 aromatic heterocycles. The normalized spacial score (nSPS) is 14.1. The van der Waals surface area contributed by atoms with E-state index in [2.05, 4.69) is 22.3 Å². The van der Waals surface area contributed by atoms with Crippen molar-refractivity contribution in [1.82, 2.24) is 10.2 Å². The van der Waals surface area contributed by atoms with Gasteiger partial charge in [0.1, 0.15) is 18.0 Å². The number of anilines is 1. The molecule has 0 atom stereocenters. The van der Waals surface area contributed by atoms with Gasteiger partial charge in [0.15, 0.2) is 0 Å². The Balaban J connectivity index is 1.49. The molecule has 1 fully saturated rings. The molecule has 0 aliphatic carbocycles. The standard InChI is InChI=1S/C29H35N3O5S/c1-36-25-15-16-28(37-2)27(19-25)32(38(34,35)26-9-5-3-6-10-26)22-29(33)30-20-23-11-13-24(14-12-23)21-31-17-7-4-8-18-31/h3,5-6,9-16,19H,4,7-8,17-18,20-22H2,1-2H3,(H,30,33). The van der Waals surface area contributed by atoms with Gasteiger partial charge in [-0.25, -0.2) is 8.42 Å². The number of carbonyl (C=O) groups excluding carboxylic acids is 1. The zero-order valence-corrected chi connectivity index (χ0v) is 22.7. The highest BCUT2D eigenvalue weighted by molar-refractivity contribution is 7.92. The minimum atomic E-state index is -4.08. The molecule has 1 heterocycles. The van der Waals surface area contributed by atoms with Crippen LogP contribution in [0.25, 0.3) is 0 Å². The third-order valence-corrected chi connectivity index (χ3v) is 8.41. The average molecular weight is 538 g/mol. The predicted molar refractivity (Wildman–Crippen MR) is 148 cm³/mol. The number of nitrogens with one attached hydrogen (secondary N) is 1. The predicted octanol–water partition coefficient (Wildman–Crippen LogP) is 4.20. The lowest BCUT2D eigenvalue weighted by Gasteiger charge is -2.26. The van der Waals surface area contributed by atoms with Gasteiger partial charge in [0, 0.05) is 19.2 Å². The molecule has 0 radical (unpaired) electrons. The second kappa shape index (κ2) is 12.8. The molecule has 3 aromatic carbocycles. The van der Waals surface area contributed by atoms with Crippen LogP contribution in [0.2, 0.25) is 0 Å². The highest BCUT2D eigenvalue weighted by atomic mass is 32.2. The Morgan fingerprint density at radius 1 is 0.895 bits per heavy atom. The van der Waals surface area contributed by atoms with Gasteiger partial charge in [-0.3, -0.25) is 14.0 Å². The molecule has 0 saturated carbocycles. The molecule has 1 amide bonds. The van der Waals surface area contributed by atoms with Gasteiger partial charge in [0.25, 0.3) is 10.0 Å². The molecule has 0 unspecified atom stereocenters. The van der Waals surface area contributed by atoms with Crippen molar-refractivity contribution in [3.8, 4) is 11.5 Å². The zero-order chi connectivity index (χ0) is 27.0. The average Bonchev–Trinajstić information content (AvgIpc) is 2.96. The van der Waals surface area contributed by atoms with Crippen molar-refractivity contribution in [2.75, 3.05) is 38.2 Å². The number of rotatable bonds is 11. The lowest BCUT2D eigenvalue weighted by atomic mass is 10.1. The number of carbonyl (C=O) groups is 1. The summed E-state index contributed by atoms with van der Waals surface area (Å²) in [5.74, 6) is 0.313. The largest absolute Gasteiger partial charge is 0.497 e. The van der Waals surface area contributed by atoms with Crippen molar-refractivity contribution >= 4 is 21.6 Å². The summed E-state index contributed by atoms with van der Waals surface area (Å²) in [5, 5.41) is 2.86. The first kappa shape index (κ1) is 27.5. The van der Waals surface area contributed by atoms with Crippen LogP contribution in [0.1, 0.15) is 30.4 Å². The van der Waals surface area contributed by atoms with Gasteiger partial charge in [-0.2, -0.15) is 0 Å². The van der Waals surface area contributed by atoms with E-state index in [9.17, 15) is 13.2 Å². The van der Waals surface area contributed by atoms with Crippen LogP contribution in [-0.4, -0.2) is 53.1 Å². The molecule has 4 rings (SSSR count). The summed E-state index contributed by atoms with van der Waals surface area (Å²) in [5.41, 5.74) is 2.40. The van der Waals surface area contributed by atoms with Gasteiger partial charge in [-0.05, 0) is 61.3 Å². The van der Waals surface area contributed by atoms with Crippen LogP contribution in [0.3, 0.4) is 0 Å². The maximum Gasteiger partial charge on any atom is 0.264 e. The van der Waals surface area contributed by atoms with Crippen molar-refractivity contribution in [3.05, 3.63) is 83.9 Å². The Morgan fingerprint density at radius 2 is 1.58 bits per heavy atom. The van der Waals surface area contributed by atoms with Crippen LogP contribution in [0.5, 0.6) is 11.5 Å². The summed E-state index contributed by atoms with van der Waals surface area (Å²) < 4.78 is 39.1. The molecular weight excluding hydrogens is 502 g/mol. The smallest absolute Gasteiger partial charge is 0.264 e. The molecule has 1 N–H and O–H groups in total. The van der Waals surface area contributed by atoms with E-state index < -0.39 is 22.5 Å². The van der Waals surface area contributed by atoms with Crippen LogP contribution in [0.15, 0.2) is 77.7 Å². The number of hydrogen-bond acceptors (Lipinski definition) is 6. The van der Waals surface area contributed by atoms with Gasteiger partial charge in [0.2, 0.25) is 5.91 Å². The minimum Gasteiger partial charge on any atom is -0.497 e. The fraction of sp³-hybridized carbons (Fsp3) is 0.345. The number of nitrogens with zero attached hydrogens (tertiary/aromatic N) is 2. The van der Waals surface area contributed by atoms with E-state index in [0.717, 1.165) is 29.5 Å². The van der Waals surface area contributed by atoms with Crippen LogP contribution < -0.4 is 19.1 Å². The second-order valence-corrected chi connectivity index (χ2v) is 11.2. The Bertz CT molecular complexity index is 1310. The van der Waals surface area contributed by atoms with Gasteiger partial charge in [-0.1, -0.05) is 48.9 Å². The number of methoxy groups -OCH3 is 2. The number of piperidine rings is 1. The number of sulfonamides is 1. The first-order chi connectivity index (χ1) is 18.4. The molecule has 1 aliphatic rings. The Morgan fingerprint density at radius 3 is 2.24 bits per heavy atom. The third kappa shape index (κ3) is 6.85. The molecule has 202 valence electrons. The molecule has 1 aliphatic heterocycles. The molecule has 38 heavy (non-hydrogen) atoms. The van der Waals surface area contributed by atoms with E-state index in [1.165, 1.54) is 51.2 Å². The SMILES string of the molecule is COc1ccc(OC)c(N(CC(=O)NCc2ccc(CN3CCCCC3)cc2)S(=O)(=O)c2ccccc2)c1. The summed E-state index contributed by atoms with van der Waals surface area (Å²) in [6.07, 6.45) is 3.81. The quantitative estimate of drug-likeness (QED) is 0.395. The number of hydrogen-bond donors (Lipinski definition) is 1. The van der Waals surface area contributed by atoms with Gasteiger partial charge in [0.05, 0.1) is 24.8 Å². The fourth-order valence-corrected chi connectivity index (χ4v) is 5.98. The maximum atomic E-state index is 13.7. The van der Waals surface area contributed by atoms with Crippen molar-refractivity contribution in [1.29, 1.82) is 0 Å². The number of amides is 1. The van der Waals surface area contributed by atoms with Crippen LogP contribution >= 0.6 is 0 Å². The topological polar surface area (TPSA) is 88.2 Å². The van der Waals surface area contributed by atoms with Gasteiger partial charge < -0.3 is 14.8 Å². The number of ether oxygens (including phenoxy) is 2. The highest BCUT2D eigenvalue weighted by Crippen LogP contribution is 2.35. The number of benzene rings is 3. The third-order valence-electron chi connectivity index (χ3n) is 6.64. The second-order valence-electron chi connectivity index (χ2n) is 9.29. The van der Waals surface area contributed by atoms with Crippen molar-refractivity contribution in [2.45, 2.75) is 37.2 Å². The molecule has 8 nitrogen and oxygen atoms in total. The van der Waals surface area contributed by atoms with E-state index in [1.54, 1.807) is 36.4 Å². The van der Waals surface area contributed by atoms with E-state index in [1.807, 2.05) is 12.1 Å². The molecule has 3 aromatic rings. The molecule has 9 heteroatoms. The van der Waals surface area contributed by atoms with E-state index in [0.29, 0.717) is 11.5 Å². The van der Waals surface area contributed by atoms with Crippen molar-refractivity contribution < 1.29 is 22.7 Å². The van der Waals surface area contributed by atoms with Crippen molar-refractivity contribution in [2.24, 2.45) is 0 Å². The first-order valence-corrected chi connectivity index (χ1v) is 14.2. The van der Waals surface area contributed by atoms with Crippen LogP contribution in [-0.2, 0) is 27.9 Å². The summed E-state index contributed by atoms with van der Waals surface area (Å²) >= 11 is 0. The Labute approximate surface area is 225 Å².